The molecule has 0 aliphatic rings. The molecule has 1 unspecified atom stereocenters. The first-order valence-electron chi connectivity index (χ1n) is 6.53. The molecule has 0 saturated heterocycles. The third-order valence-corrected chi connectivity index (χ3v) is 2.96. The highest BCUT2D eigenvalue weighted by Gasteiger charge is 2.10. The minimum absolute atomic E-state index is 0.217. The summed E-state index contributed by atoms with van der Waals surface area (Å²) in [5.74, 6) is 2.14. The summed E-state index contributed by atoms with van der Waals surface area (Å²) in [6.45, 7) is 4.74. The first-order chi connectivity index (χ1) is 9.20. The van der Waals surface area contributed by atoms with Gasteiger partial charge < -0.3 is 9.15 Å². The maximum absolute atomic E-state index is 5.92. The van der Waals surface area contributed by atoms with Crippen molar-refractivity contribution in [3.05, 3.63) is 36.4 Å². The fourth-order valence-corrected chi connectivity index (χ4v) is 1.76. The van der Waals surface area contributed by atoms with E-state index in [-0.39, 0.29) is 5.38 Å². The highest BCUT2D eigenvalue weighted by atomic mass is 35.5. The molecule has 0 amide bonds. The summed E-state index contributed by atoms with van der Waals surface area (Å²) < 4.78 is 11.2. The van der Waals surface area contributed by atoms with Crippen LogP contribution in [0.4, 0.5) is 0 Å². The van der Waals surface area contributed by atoms with Crippen molar-refractivity contribution in [3.8, 4) is 17.1 Å². The molecule has 1 heterocycles. The predicted molar refractivity (Wildman–Crippen MR) is 76.6 cm³/mol. The molecular weight excluding hydrogens is 262 g/mol. The van der Waals surface area contributed by atoms with Gasteiger partial charge in [0.1, 0.15) is 11.1 Å². The molecule has 19 heavy (non-hydrogen) atoms. The van der Waals surface area contributed by atoms with Gasteiger partial charge in [0.2, 0.25) is 5.89 Å². The number of aromatic nitrogens is 1. The van der Waals surface area contributed by atoms with Gasteiger partial charge >= 0.3 is 0 Å². The van der Waals surface area contributed by atoms with Gasteiger partial charge in [-0.05, 0) is 37.6 Å². The molecule has 1 aromatic heterocycles. The van der Waals surface area contributed by atoms with E-state index in [0.717, 1.165) is 36.5 Å². The summed E-state index contributed by atoms with van der Waals surface area (Å²) in [6.07, 6.45) is 3.90. The quantitative estimate of drug-likeness (QED) is 0.562. The van der Waals surface area contributed by atoms with Gasteiger partial charge in [0.15, 0.2) is 5.76 Å². The summed E-state index contributed by atoms with van der Waals surface area (Å²) >= 11 is 5.92. The molecular formula is C15H18ClNO2. The Morgan fingerprint density at radius 2 is 2.05 bits per heavy atom. The third-order valence-electron chi connectivity index (χ3n) is 2.77. The van der Waals surface area contributed by atoms with Gasteiger partial charge in [0, 0.05) is 5.56 Å². The van der Waals surface area contributed by atoms with Crippen molar-refractivity contribution in [2.75, 3.05) is 6.61 Å². The van der Waals surface area contributed by atoms with Gasteiger partial charge in [-0.15, -0.1) is 11.6 Å². The summed E-state index contributed by atoms with van der Waals surface area (Å²) in [4.78, 5) is 4.15. The number of unbranched alkanes of at least 4 members (excludes halogenated alkanes) is 1. The van der Waals surface area contributed by atoms with Crippen LogP contribution in [0.1, 0.15) is 38.0 Å². The minimum atomic E-state index is -0.217. The Morgan fingerprint density at radius 3 is 2.63 bits per heavy atom. The number of nitrogens with zero attached hydrogens (tertiary/aromatic N) is 1. The van der Waals surface area contributed by atoms with Crippen molar-refractivity contribution in [1.29, 1.82) is 0 Å². The van der Waals surface area contributed by atoms with E-state index in [4.69, 9.17) is 20.8 Å². The first-order valence-corrected chi connectivity index (χ1v) is 6.97. The average molecular weight is 280 g/mol. The summed E-state index contributed by atoms with van der Waals surface area (Å²) in [7, 11) is 0. The highest BCUT2D eigenvalue weighted by Crippen LogP contribution is 2.26. The Morgan fingerprint density at radius 1 is 1.32 bits per heavy atom. The van der Waals surface area contributed by atoms with Crippen LogP contribution in [-0.4, -0.2) is 11.6 Å². The fraction of sp³-hybridized carbons (Fsp3) is 0.400. The second kappa shape index (κ2) is 6.62. The van der Waals surface area contributed by atoms with Crippen molar-refractivity contribution < 1.29 is 9.15 Å². The zero-order chi connectivity index (χ0) is 13.7. The molecule has 0 radical (unpaired) electrons. The number of hydrogen-bond donors (Lipinski definition) is 0. The van der Waals surface area contributed by atoms with Crippen LogP contribution < -0.4 is 4.74 Å². The Labute approximate surface area is 118 Å². The van der Waals surface area contributed by atoms with E-state index in [1.165, 1.54) is 0 Å². The van der Waals surface area contributed by atoms with Crippen molar-refractivity contribution in [2.24, 2.45) is 0 Å². The lowest BCUT2D eigenvalue weighted by molar-refractivity contribution is 0.309. The van der Waals surface area contributed by atoms with Gasteiger partial charge in [-0.3, -0.25) is 0 Å². The van der Waals surface area contributed by atoms with Crippen LogP contribution >= 0.6 is 11.6 Å². The molecule has 1 aromatic carbocycles. The van der Waals surface area contributed by atoms with Crippen molar-refractivity contribution in [2.45, 2.75) is 32.1 Å². The van der Waals surface area contributed by atoms with E-state index >= 15 is 0 Å². The summed E-state index contributed by atoms with van der Waals surface area (Å²) in [5.41, 5.74) is 0.971. The number of rotatable bonds is 6. The van der Waals surface area contributed by atoms with E-state index < -0.39 is 0 Å². The standard InChI is InChI=1S/C15H18ClNO2/c1-3-4-9-18-13-7-5-12(6-8-13)14-10-17-15(19-14)11(2)16/h5-8,10-11H,3-4,9H2,1-2H3. The van der Waals surface area contributed by atoms with Crippen LogP contribution in [0.5, 0.6) is 5.75 Å². The topological polar surface area (TPSA) is 35.3 Å². The van der Waals surface area contributed by atoms with Gasteiger partial charge in [0.25, 0.3) is 0 Å². The van der Waals surface area contributed by atoms with E-state index in [2.05, 4.69) is 11.9 Å². The lowest BCUT2D eigenvalue weighted by Crippen LogP contribution is -1.95. The molecule has 0 fully saturated rings. The molecule has 0 aliphatic heterocycles. The van der Waals surface area contributed by atoms with E-state index in [0.29, 0.717) is 5.89 Å². The van der Waals surface area contributed by atoms with Crippen LogP contribution in [0, 0.1) is 0 Å². The second-order valence-electron chi connectivity index (χ2n) is 4.41. The largest absolute Gasteiger partial charge is 0.494 e. The van der Waals surface area contributed by atoms with Gasteiger partial charge in [-0.2, -0.15) is 0 Å². The Bertz CT molecular complexity index is 505. The van der Waals surface area contributed by atoms with Gasteiger partial charge in [-0.25, -0.2) is 4.98 Å². The van der Waals surface area contributed by atoms with Crippen LogP contribution in [0.2, 0.25) is 0 Å². The molecule has 0 saturated carbocycles. The zero-order valence-electron chi connectivity index (χ0n) is 11.2. The first kappa shape index (κ1) is 13.9. The molecule has 0 bridgehead atoms. The molecule has 0 aliphatic carbocycles. The molecule has 3 nitrogen and oxygen atoms in total. The number of oxazole rings is 1. The highest BCUT2D eigenvalue weighted by molar-refractivity contribution is 6.20. The lowest BCUT2D eigenvalue weighted by atomic mass is 10.2. The van der Waals surface area contributed by atoms with Crippen LogP contribution in [0.15, 0.2) is 34.9 Å². The molecule has 2 aromatic rings. The Balaban J connectivity index is 2.04. The van der Waals surface area contributed by atoms with E-state index in [1.807, 2.05) is 31.2 Å². The molecule has 2 rings (SSSR count). The van der Waals surface area contributed by atoms with E-state index in [9.17, 15) is 0 Å². The molecule has 0 N–H and O–H groups in total. The maximum atomic E-state index is 5.92. The number of hydrogen-bond acceptors (Lipinski definition) is 3. The smallest absolute Gasteiger partial charge is 0.212 e. The van der Waals surface area contributed by atoms with Crippen molar-refractivity contribution in [1.82, 2.24) is 4.98 Å². The number of benzene rings is 1. The average Bonchev–Trinajstić information content (AvgIpc) is 2.90. The second-order valence-corrected chi connectivity index (χ2v) is 5.06. The predicted octanol–water partition coefficient (Wildman–Crippen LogP) is 4.82. The van der Waals surface area contributed by atoms with Gasteiger partial charge in [-0.1, -0.05) is 13.3 Å². The SMILES string of the molecule is CCCCOc1ccc(-c2cnc(C(C)Cl)o2)cc1. The molecule has 102 valence electrons. The molecule has 1 atom stereocenters. The van der Waals surface area contributed by atoms with Crippen LogP contribution in [-0.2, 0) is 0 Å². The number of ether oxygens (including phenoxy) is 1. The third kappa shape index (κ3) is 3.74. The molecule has 4 heteroatoms. The number of halogens is 1. The normalized spacial score (nSPS) is 12.4. The fourth-order valence-electron chi connectivity index (χ4n) is 1.65. The monoisotopic (exact) mass is 279 g/mol. The van der Waals surface area contributed by atoms with Crippen LogP contribution in [0.25, 0.3) is 11.3 Å². The van der Waals surface area contributed by atoms with Crippen molar-refractivity contribution >= 4 is 11.6 Å². The van der Waals surface area contributed by atoms with Gasteiger partial charge in [0.05, 0.1) is 12.8 Å². The summed E-state index contributed by atoms with van der Waals surface area (Å²) in [6, 6.07) is 7.81. The number of alkyl halides is 1. The summed E-state index contributed by atoms with van der Waals surface area (Å²) in [5, 5.41) is -0.217. The zero-order valence-corrected chi connectivity index (χ0v) is 12.0. The Hall–Kier alpha value is -1.48. The lowest BCUT2D eigenvalue weighted by Gasteiger charge is -2.05. The Kier molecular flexibility index (Phi) is 4.86. The minimum Gasteiger partial charge on any atom is -0.494 e. The van der Waals surface area contributed by atoms with Crippen molar-refractivity contribution in [3.63, 3.8) is 0 Å². The maximum Gasteiger partial charge on any atom is 0.212 e. The molecule has 0 spiro atoms. The van der Waals surface area contributed by atoms with Crippen LogP contribution in [0.3, 0.4) is 0 Å². The van der Waals surface area contributed by atoms with E-state index in [1.54, 1.807) is 6.20 Å².